The number of unbranched alkanes of at least 4 members (excludes halogenated alkanes) is 2. The Morgan fingerprint density at radius 2 is 2.04 bits per heavy atom. The first-order valence-corrected chi connectivity index (χ1v) is 8.95. The first-order chi connectivity index (χ1) is 11.0. The second-order valence-electron chi connectivity index (χ2n) is 5.54. The van der Waals surface area contributed by atoms with Gasteiger partial charge in [-0.3, -0.25) is 4.79 Å². The summed E-state index contributed by atoms with van der Waals surface area (Å²) in [6.07, 6.45) is 6.34. The zero-order valence-electron chi connectivity index (χ0n) is 14.4. The highest BCUT2D eigenvalue weighted by Crippen LogP contribution is 2.24. The molecule has 0 fully saturated rings. The van der Waals surface area contributed by atoms with Crippen molar-refractivity contribution in [3.8, 4) is 0 Å². The van der Waals surface area contributed by atoms with Gasteiger partial charge in [-0.05, 0) is 12.8 Å². The summed E-state index contributed by atoms with van der Waals surface area (Å²) in [4.78, 5) is 29.1. The maximum Gasteiger partial charge on any atom is 0.346 e. The van der Waals surface area contributed by atoms with Crippen LogP contribution in [0.4, 0.5) is 4.79 Å². The van der Waals surface area contributed by atoms with Gasteiger partial charge in [0.25, 0.3) is 0 Å². The Kier molecular flexibility index (Phi) is 8.68. The quantitative estimate of drug-likeness (QED) is 0.402. The summed E-state index contributed by atoms with van der Waals surface area (Å²) in [5.41, 5.74) is 0. The molecule has 1 aromatic heterocycles. The van der Waals surface area contributed by atoms with Crippen molar-refractivity contribution in [1.82, 2.24) is 25.0 Å². The van der Waals surface area contributed by atoms with E-state index in [1.165, 1.54) is 21.3 Å². The number of rotatable bonds is 10. The molecule has 130 valence electrons. The Labute approximate surface area is 142 Å². The second-order valence-corrected chi connectivity index (χ2v) is 6.71. The highest BCUT2D eigenvalue weighted by Gasteiger charge is 2.21. The van der Waals surface area contributed by atoms with Crippen LogP contribution in [-0.4, -0.2) is 51.6 Å². The third-order valence-corrected chi connectivity index (χ3v) is 4.39. The van der Waals surface area contributed by atoms with Gasteiger partial charge in [0.2, 0.25) is 6.41 Å². The second kappa shape index (κ2) is 10.3. The van der Waals surface area contributed by atoms with Gasteiger partial charge in [-0.25, -0.2) is 9.78 Å². The van der Waals surface area contributed by atoms with Crippen molar-refractivity contribution < 1.29 is 9.59 Å². The van der Waals surface area contributed by atoms with Gasteiger partial charge in [0.15, 0.2) is 11.0 Å². The molecule has 0 saturated heterocycles. The molecule has 1 N–H and O–H groups in total. The van der Waals surface area contributed by atoms with Crippen LogP contribution in [0.5, 0.6) is 0 Å². The van der Waals surface area contributed by atoms with Gasteiger partial charge in [-0.2, -0.15) is 4.68 Å². The summed E-state index contributed by atoms with van der Waals surface area (Å²) >= 11 is 1.38. The third kappa shape index (κ3) is 6.21. The fourth-order valence-corrected chi connectivity index (χ4v) is 2.98. The van der Waals surface area contributed by atoms with Crippen molar-refractivity contribution in [2.75, 3.05) is 14.1 Å². The number of nitrogens with one attached hydrogen (secondary N) is 1. The molecule has 0 radical (unpaired) electrons. The standard InChI is InChI=1S/C15H27N5O2S/c1-5-7-9-12-17-14(20(18-12)15(22)19(3)4)23-13(16-11-21)10-8-6-2/h11,13H,5-10H2,1-4H3,(H,16,21). The average Bonchev–Trinajstić information content (AvgIpc) is 2.92. The number of thioether (sulfide) groups is 1. The van der Waals surface area contributed by atoms with Gasteiger partial charge < -0.3 is 10.2 Å². The Bertz CT molecular complexity index is 504. The van der Waals surface area contributed by atoms with Crippen LogP contribution in [0.1, 0.15) is 51.8 Å². The van der Waals surface area contributed by atoms with E-state index in [2.05, 4.69) is 29.2 Å². The molecule has 23 heavy (non-hydrogen) atoms. The summed E-state index contributed by atoms with van der Waals surface area (Å²) < 4.78 is 1.33. The maximum absolute atomic E-state index is 12.3. The number of hydrogen-bond acceptors (Lipinski definition) is 5. The minimum atomic E-state index is -0.233. The normalized spacial score (nSPS) is 12.0. The first kappa shape index (κ1) is 19.5. The molecule has 0 bridgehead atoms. The molecule has 1 heterocycles. The SMILES string of the molecule is CCCCc1nc(SC(CCCC)NC=O)n(C(=O)N(C)C)n1. The van der Waals surface area contributed by atoms with Crippen molar-refractivity contribution >= 4 is 24.2 Å². The first-order valence-electron chi connectivity index (χ1n) is 8.07. The number of hydrogen-bond donors (Lipinski definition) is 1. The molecule has 2 amide bonds. The lowest BCUT2D eigenvalue weighted by Gasteiger charge is -2.16. The van der Waals surface area contributed by atoms with Crippen molar-refractivity contribution in [2.45, 2.75) is 62.9 Å². The predicted molar refractivity (Wildman–Crippen MR) is 91.5 cm³/mol. The zero-order chi connectivity index (χ0) is 17.2. The molecule has 8 heteroatoms. The maximum atomic E-state index is 12.3. The minimum Gasteiger partial charge on any atom is -0.346 e. The van der Waals surface area contributed by atoms with Gasteiger partial charge in [0.05, 0.1) is 5.37 Å². The Balaban J connectivity index is 2.97. The van der Waals surface area contributed by atoms with Gasteiger partial charge in [0, 0.05) is 20.5 Å². The number of carbonyl (C=O) groups is 2. The number of nitrogens with zero attached hydrogens (tertiary/aromatic N) is 4. The van der Waals surface area contributed by atoms with E-state index in [4.69, 9.17) is 0 Å². The van der Waals surface area contributed by atoms with E-state index < -0.39 is 0 Å². The van der Waals surface area contributed by atoms with Gasteiger partial charge in [-0.1, -0.05) is 44.9 Å². The largest absolute Gasteiger partial charge is 0.346 e. The topological polar surface area (TPSA) is 80.1 Å². The summed E-state index contributed by atoms with van der Waals surface area (Å²) in [7, 11) is 3.37. The van der Waals surface area contributed by atoms with Crippen LogP contribution in [0.3, 0.4) is 0 Å². The van der Waals surface area contributed by atoms with Gasteiger partial charge >= 0.3 is 6.03 Å². The fraction of sp³-hybridized carbons (Fsp3) is 0.733. The van der Waals surface area contributed by atoms with Gasteiger partial charge in [-0.15, -0.1) is 5.10 Å². The smallest absolute Gasteiger partial charge is 0.346 e. The minimum absolute atomic E-state index is 0.107. The summed E-state index contributed by atoms with van der Waals surface area (Å²) in [5, 5.41) is 7.56. The number of aromatic nitrogens is 3. The van der Waals surface area contributed by atoms with Crippen LogP contribution in [0.2, 0.25) is 0 Å². The van der Waals surface area contributed by atoms with Crippen molar-refractivity contribution in [3.63, 3.8) is 0 Å². The molecule has 1 unspecified atom stereocenters. The highest BCUT2D eigenvalue weighted by molar-refractivity contribution is 7.99. The molecule has 0 spiro atoms. The molecular weight excluding hydrogens is 314 g/mol. The van der Waals surface area contributed by atoms with Crippen LogP contribution in [0.15, 0.2) is 5.16 Å². The van der Waals surface area contributed by atoms with E-state index in [-0.39, 0.29) is 11.4 Å². The van der Waals surface area contributed by atoms with Crippen LogP contribution in [0, 0.1) is 0 Å². The number of carbonyl (C=O) groups excluding carboxylic acids is 2. The summed E-state index contributed by atoms with van der Waals surface area (Å²) in [6.45, 7) is 4.20. The Morgan fingerprint density at radius 3 is 2.61 bits per heavy atom. The monoisotopic (exact) mass is 341 g/mol. The molecule has 1 aromatic rings. The van der Waals surface area contributed by atoms with Crippen LogP contribution in [-0.2, 0) is 11.2 Å². The fourth-order valence-electron chi connectivity index (χ4n) is 1.94. The molecule has 0 aliphatic rings. The lowest BCUT2D eigenvalue weighted by molar-refractivity contribution is -0.109. The third-order valence-electron chi connectivity index (χ3n) is 3.26. The van der Waals surface area contributed by atoms with Crippen LogP contribution >= 0.6 is 11.8 Å². The summed E-state index contributed by atoms with van der Waals surface area (Å²) in [6, 6.07) is -0.233. The van der Waals surface area contributed by atoms with E-state index >= 15 is 0 Å². The van der Waals surface area contributed by atoms with Crippen molar-refractivity contribution in [2.24, 2.45) is 0 Å². The zero-order valence-corrected chi connectivity index (χ0v) is 15.2. The van der Waals surface area contributed by atoms with Crippen molar-refractivity contribution in [1.29, 1.82) is 0 Å². The Morgan fingerprint density at radius 1 is 1.35 bits per heavy atom. The molecule has 1 rings (SSSR count). The predicted octanol–water partition coefficient (Wildman–Crippen LogP) is 2.50. The molecule has 1 atom stereocenters. The molecule has 7 nitrogen and oxygen atoms in total. The molecule has 0 aliphatic heterocycles. The van der Waals surface area contributed by atoms with Crippen LogP contribution < -0.4 is 5.32 Å². The van der Waals surface area contributed by atoms with E-state index in [0.717, 1.165) is 38.5 Å². The Hall–Kier alpha value is -1.57. The molecule has 0 aliphatic carbocycles. The lowest BCUT2D eigenvalue weighted by atomic mass is 10.2. The van der Waals surface area contributed by atoms with E-state index in [0.29, 0.717) is 17.4 Å². The molecule has 0 saturated carbocycles. The highest BCUT2D eigenvalue weighted by atomic mass is 32.2. The average molecular weight is 341 g/mol. The summed E-state index contributed by atoms with van der Waals surface area (Å²) in [5.74, 6) is 0.671. The van der Waals surface area contributed by atoms with Crippen LogP contribution in [0.25, 0.3) is 0 Å². The van der Waals surface area contributed by atoms with Gasteiger partial charge in [0.1, 0.15) is 0 Å². The number of aryl methyl sites for hydroxylation is 1. The molecule has 0 aromatic carbocycles. The lowest BCUT2D eigenvalue weighted by Crippen LogP contribution is -2.30. The van der Waals surface area contributed by atoms with Crippen molar-refractivity contribution in [3.05, 3.63) is 5.82 Å². The molecular formula is C15H27N5O2S. The van der Waals surface area contributed by atoms with E-state index in [1.807, 2.05) is 0 Å². The van der Waals surface area contributed by atoms with E-state index in [9.17, 15) is 9.59 Å². The number of amides is 2. The van der Waals surface area contributed by atoms with E-state index in [1.54, 1.807) is 14.1 Å².